The molecule has 0 amide bonds. The fourth-order valence-corrected chi connectivity index (χ4v) is 1.03. The van der Waals surface area contributed by atoms with Crippen LogP contribution in [0.1, 0.15) is 31.7 Å². The van der Waals surface area contributed by atoms with Gasteiger partial charge in [-0.05, 0) is 19.1 Å². The first-order chi connectivity index (χ1) is 8.26. The van der Waals surface area contributed by atoms with Crippen LogP contribution in [0.4, 0.5) is 0 Å². The Labute approximate surface area is 101 Å². The molecule has 5 nitrogen and oxygen atoms in total. The monoisotopic (exact) mass is 234 g/mol. The second kappa shape index (κ2) is 7.38. The highest BCUT2D eigenvalue weighted by Gasteiger charge is 1.98. The van der Waals surface area contributed by atoms with E-state index >= 15 is 0 Å². The van der Waals surface area contributed by atoms with E-state index in [1.54, 1.807) is 0 Å². The molecule has 0 aliphatic carbocycles. The first kappa shape index (κ1) is 13.2. The topological polar surface area (TPSA) is 63.7 Å². The zero-order valence-electron chi connectivity index (χ0n) is 10.5. The van der Waals surface area contributed by atoms with Gasteiger partial charge >= 0.3 is 0 Å². The van der Waals surface area contributed by atoms with Gasteiger partial charge in [0.2, 0.25) is 5.82 Å². The maximum absolute atomic E-state index is 5.42. The first-order valence-corrected chi connectivity index (χ1v) is 5.68. The van der Waals surface area contributed by atoms with Crippen LogP contribution < -0.4 is 4.74 Å². The number of hydrogen-bond acceptors (Lipinski definition) is 4. The van der Waals surface area contributed by atoms with E-state index in [1.165, 1.54) is 12.0 Å². The number of benzene rings is 1. The maximum atomic E-state index is 5.42. The molecule has 5 heteroatoms. The third-order valence-corrected chi connectivity index (χ3v) is 1.78. The predicted molar refractivity (Wildman–Crippen MR) is 65.7 cm³/mol. The molecule has 0 saturated carbocycles. The number of nitrogens with zero attached hydrogens (tertiary/aromatic N) is 3. The standard InChI is InChI=1S/C9H10N4O.C3H8/c1-7-2-4-8(5-3-7)14-6-9-10-12-13-11-9;1-3-2/h2-5H,6H2,1H3,(H,10,11,12,13);3H2,1-2H3. The van der Waals surface area contributed by atoms with Crippen LogP contribution in [0.2, 0.25) is 0 Å². The summed E-state index contributed by atoms with van der Waals surface area (Å²) in [5, 5.41) is 13.4. The molecule has 92 valence electrons. The lowest BCUT2D eigenvalue weighted by atomic mass is 10.2. The fourth-order valence-electron chi connectivity index (χ4n) is 1.03. The van der Waals surface area contributed by atoms with Gasteiger partial charge in [0.15, 0.2) is 6.61 Å². The maximum Gasteiger partial charge on any atom is 0.211 e. The van der Waals surface area contributed by atoms with Crippen LogP contribution in [0.25, 0.3) is 0 Å². The van der Waals surface area contributed by atoms with Gasteiger partial charge < -0.3 is 4.74 Å². The van der Waals surface area contributed by atoms with Gasteiger partial charge in [0.05, 0.1) is 0 Å². The third kappa shape index (κ3) is 5.10. The summed E-state index contributed by atoms with van der Waals surface area (Å²) >= 11 is 0. The summed E-state index contributed by atoms with van der Waals surface area (Å²) in [5.74, 6) is 1.35. The lowest BCUT2D eigenvalue weighted by molar-refractivity contribution is 0.296. The molecule has 1 aromatic carbocycles. The van der Waals surface area contributed by atoms with E-state index in [9.17, 15) is 0 Å². The minimum absolute atomic E-state index is 0.333. The summed E-state index contributed by atoms with van der Waals surface area (Å²) in [6.45, 7) is 6.61. The van der Waals surface area contributed by atoms with Crippen molar-refractivity contribution in [3.05, 3.63) is 35.7 Å². The lowest BCUT2D eigenvalue weighted by Crippen LogP contribution is -1.97. The van der Waals surface area contributed by atoms with Crippen molar-refractivity contribution in [3.63, 3.8) is 0 Å². The number of aromatic nitrogens is 4. The second-order valence-electron chi connectivity index (χ2n) is 3.64. The molecular formula is C12H18N4O. The molecule has 0 bridgehead atoms. The predicted octanol–water partition coefficient (Wildman–Crippen LogP) is 2.50. The lowest BCUT2D eigenvalue weighted by Gasteiger charge is -2.02. The highest BCUT2D eigenvalue weighted by atomic mass is 16.5. The van der Waals surface area contributed by atoms with Gasteiger partial charge in [-0.15, -0.1) is 10.2 Å². The SMILES string of the molecule is CCC.Cc1ccc(OCc2nn[nH]n2)cc1. The normalized spacial score (nSPS) is 9.35. The molecule has 2 rings (SSSR count). The van der Waals surface area contributed by atoms with Crippen molar-refractivity contribution < 1.29 is 4.74 Å². The highest BCUT2D eigenvalue weighted by molar-refractivity contribution is 5.26. The molecule has 0 spiro atoms. The number of nitrogens with one attached hydrogen (secondary N) is 1. The van der Waals surface area contributed by atoms with Crippen molar-refractivity contribution in [3.8, 4) is 5.75 Å². The fraction of sp³-hybridized carbons (Fsp3) is 0.417. The van der Waals surface area contributed by atoms with Crippen LogP contribution in [0, 0.1) is 6.92 Å². The molecule has 0 fully saturated rings. The minimum Gasteiger partial charge on any atom is -0.485 e. The molecule has 2 aromatic rings. The Morgan fingerprint density at radius 2 is 1.82 bits per heavy atom. The average molecular weight is 234 g/mol. The number of hydrogen-bond donors (Lipinski definition) is 1. The number of aryl methyl sites for hydroxylation is 1. The van der Waals surface area contributed by atoms with E-state index < -0.39 is 0 Å². The molecule has 0 aliphatic rings. The molecule has 0 aliphatic heterocycles. The van der Waals surface area contributed by atoms with Gasteiger partial charge in [-0.1, -0.05) is 43.2 Å². The largest absolute Gasteiger partial charge is 0.485 e. The van der Waals surface area contributed by atoms with Crippen LogP contribution in [-0.2, 0) is 6.61 Å². The van der Waals surface area contributed by atoms with Gasteiger partial charge in [0.1, 0.15) is 5.75 Å². The quantitative estimate of drug-likeness (QED) is 0.886. The van der Waals surface area contributed by atoms with Crippen molar-refractivity contribution in [1.82, 2.24) is 20.6 Å². The molecule has 1 heterocycles. The Hall–Kier alpha value is -1.91. The molecule has 17 heavy (non-hydrogen) atoms. The van der Waals surface area contributed by atoms with Gasteiger partial charge in [-0.25, -0.2) is 0 Å². The average Bonchev–Trinajstić information content (AvgIpc) is 2.82. The Kier molecular flexibility index (Phi) is 5.71. The van der Waals surface area contributed by atoms with E-state index in [1.807, 2.05) is 31.2 Å². The van der Waals surface area contributed by atoms with Crippen molar-refractivity contribution in [2.24, 2.45) is 0 Å². The zero-order valence-corrected chi connectivity index (χ0v) is 10.5. The third-order valence-electron chi connectivity index (χ3n) is 1.78. The molecule has 0 unspecified atom stereocenters. The van der Waals surface area contributed by atoms with Crippen LogP contribution in [0.15, 0.2) is 24.3 Å². The van der Waals surface area contributed by atoms with Crippen molar-refractivity contribution in [1.29, 1.82) is 0 Å². The molecule has 0 saturated heterocycles. The number of aromatic amines is 1. The van der Waals surface area contributed by atoms with Gasteiger partial charge in [0.25, 0.3) is 0 Å². The van der Waals surface area contributed by atoms with Crippen molar-refractivity contribution >= 4 is 0 Å². The molecule has 1 N–H and O–H groups in total. The van der Waals surface area contributed by atoms with Gasteiger partial charge in [-0.2, -0.15) is 5.21 Å². The summed E-state index contributed by atoms with van der Waals surface area (Å²) < 4.78 is 5.42. The van der Waals surface area contributed by atoms with Crippen molar-refractivity contribution in [2.75, 3.05) is 0 Å². The second-order valence-corrected chi connectivity index (χ2v) is 3.64. The van der Waals surface area contributed by atoms with E-state index in [0.717, 1.165) is 5.75 Å². The molecule has 0 radical (unpaired) electrons. The molecule has 0 atom stereocenters. The smallest absolute Gasteiger partial charge is 0.211 e. The minimum atomic E-state index is 0.333. The number of rotatable bonds is 3. The van der Waals surface area contributed by atoms with E-state index in [-0.39, 0.29) is 0 Å². The van der Waals surface area contributed by atoms with E-state index in [4.69, 9.17) is 4.74 Å². The summed E-state index contributed by atoms with van der Waals surface area (Å²) in [7, 11) is 0. The zero-order chi connectivity index (χ0) is 12.5. The Morgan fingerprint density at radius 3 is 2.35 bits per heavy atom. The van der Waals surface area contributed by atoms with Crippen LogP contribution in [0.5, 0.6) is 5.75 Å². The molecule has 1 aromatic heterocycles. The Morgan fingerprint density at radius 1 is 1.18 bits per heavy atom. The summed E-state index contributed by atoms with van der Waals surface area (Å²) in [5.41, 5.74) is 1.21. The summed E-state index contributed by atoms with van der Waals surface area (Å²) in [6.07, 6.45) is 1.25. The summed E-state index contributed by atoms with van der Waals surface area (Å²) in [6, 6.07) is 7.81. The van der Waals surface area contributed by atoms with Gasteiger partial charge in [-0.3, -0.25) is 0 Å². The van der Waals surface area contributed by atoms with E-state index in [0.29, 0.717) is 12.4 Å². The summed E-state index contributed by atoms with van der Waals surface area (Å²) in [4.78, 5) is 0. The van der Waals surface area contributed by atoms with Crippen molar-refractivity contribution in [2.45, 2.75) is 33.8 Å². The number of H-pyrrole nitrogens is 1. The Bertz CT molecular complexity index is 397. The first-order valence-electron chi connectivity index (χ1n) is 5.68. The van der Waals surface area contributed by atoms with Crippen LogP contribution in [0.3, 0.4) is 0 Å². The Balaban J connectivity index is 0.000000437. The molecular weight excluding hydrogens is 216 g/mol. The number of tetrazole rings is 1. The van der Waals surface area contributed by atoms with Crippen LogP contribution >= 0.6 is 0 Å². The van der Waals surface area contributed by atoms with Gasteiger partial charge in [0, 0.05) is 0 Å². The van der Waals surface area contributed by atoms with Crippen LogP contribution in [-0.4, -0.2) is 20.6 Å². The highest BCUT2D eigenvalue weighted by Crippen LogP contribution is 2.12. The number of ether oxygens (including phenoxy) is 1. The van der Waals surface area contributed by atoms with E-state index in [2.05, 4.69) is 34.5 Å².